The molecule has 0 spiro atoms. The van der Waals surface area contributed by atoms with Gasteiger partial charge in [-0.05, 0) is 5.92 Å². The Morgan fingerprint density at radius 1 is 0.260 bits per heavy atom. The molecule has 0 aromatic heterocycles. The van der Waals surface area contributed by atoms with Gasteiger partial charge in [0.2, 0.25) is 0 Å². The second-order valence-corrected chi connectivity index (χ2v) is 26.6. The molecule has 45 atom stereocenters. The van der Waals surface area contributed by atoms with Gasteiger partial charge >= 0.3 is 11.9 Å². The van der Waals surface area contributed by atoms with Crippen LogP contribution in [0.3, 0.4) is 0 Å². The fourth-order valence-corrected chi connectivity index (χ4v) is 13.4. The average molecular weight is 1530 g/mol. The van der Waals surface area contributed by atoms with Crippen LogP contribution < -0.4 is 0 Å². The van der Waals surface area contributed by atoms with Gasteiger partial charge in [0, 0.05) is 0 Å². The molecule has 28 N–H and O–H groups in total. The van der Waals surface area contributed by atoms with E-state index in [1.165, 1.54) is 0 Å². The molecule has 47 heteroatoms. The number of aliphatic hydroxyl groups is 26. The Morgan fingerprint density at radius 2 is 0.490 bits per heavy atom. The van der Waals surface area contributed by atoms with Crippen LogP contribution in [0.5, 0.6) is 0 Å². The van der Waals surface area contributed by atoms with E-state index in [-0.39, 0.29) is 0 Å². The number of aliphatic hydroxyl groups excluding tert-OH is 26. The normalized spacial score (nSPS) is 52.0. The van der Waals surface area contributed by atoms with Crippen LogP contribution >= 0.6 is 0 Å². The predicted molar refractivity (Wildman–Crippen MR) is 311 cm³/mol. The summed E-state index contributed by atoms with van der Waals surface area (Å²) in [6.07, 6.45) is -97.7. The summed E-state index contributed by atoms with van der Waals surface area (Å²) in [4.78, 5) is 24.4. The largest absolute Gasteiger partial charge is 0.479 e. The Bertz CT molecular complexity index is 2680. The van der Waals surface area contributed by atoms with E-state index < -0.39 is 340 Å². The molecule has 9 aliphatic heterocycles. The first-order valence-electron chi connectivity index (χ1n) is 32.9. The molecular formula is C57H94O47. The minimum absolute atomic E-state index is 0.523. The lowest BCUT2D eigenvalue weighted by Crippen LogP contribution is -2.69. The van der Waals surface area contributed by atoms with Crippen molar-refractivity contribution < 1.29 is 233 Å². The van der Waals surface area contributed by atoms with E-state index in [0.717, 1.165) is 0 Å². The number of hydrogen-bond donors (Lipinski definition) is 28. The van der Waals surface area contributed by atoms with Crippen molar-refractivity contribution in [1.29, 1.82) is 0 Å². The van der Waals surface area contributed by atoms with Crippen molar-refractivity contribution in [3.63, 3.8) is 0 Å². The SMILES string of the molecule is CC(C)C1OC(CO)C(O)C(OC2OC(C(=O)O)C(O)C(OC3OC(CO)C(O)C(OC4OC(COC5OC(CO)C(O)C(OC6OC(CO)C(O)C(OC7OC(C(=O)O)C(O)C(O)C7O)C6O)C5O)C(O)C(OC5OC(CO)C(O)C(OC6OC(CO)C(O)C(O)C6O)C5O)C4O)C3O)C2O)C1O. The molecule has 0 saturated carbocycles. The summed E-state index contributed by atoms with van der Waals surface area (Å²) in [5.74, 6) is -4.33. The highest BCUT2D eigenvalue weighted by molar-refractivity contribution is 5.74. The Morgan fingerprint density at radius 3 is 0.817 bits per heavy atom. The minimum Gasteiger partial charge on any atom is -0.479 e. The van der Waals surface area contributed by atoms with Gasteiger partial charge in [0.05, 0.1) is 52.4 Å². The zero-order valence-electron chi connectivity index (χ0n) is 54.8. The van der Waals surface area contributed by atoms with E-state index in [4.69, 9.17) is 80.5 Å². The first-order valence-corrected chi connectivity index (χ1v) is 32.9. The van der Waals surface area contributed by atoms with Gasteiger partial charge in [-0.2, -0.15) is 0 Å². The Labute approximate surface area is 586 Å². The summed E-state index contributed by atoms with van der Waals surface area (Å²) in [5, 5.41) is 307. The molecule has 45 unspecified atom stereocenters. The van der Waals surface area contributed by atoms with Crippen molar-refractivity contribution in [3.05, 3.63) is 0 Å². The zero-order valence-corrected chi connectivity index (χ0v) is 54.8. The van der Waals surface area contributed by atoms with Crippen molar-refractivity contribution in [1.82, 2.24) is 0 Å². The highest BCUT2D eigenvalue weighted by Crippen LogP contribution is 2.40. The van der Waals surface area contributed by atoms with E-state index in [1.54, 1.807) is 13.8 Å². The molecule has 0 aliphatic carbocycles. The maximum atomic E-state index is 12.6. The molecule has 0 radical (unpaired) electrons. The van der Waals surface area contributed by atoms with E-state index in [2.05, 4.69) is 0 Å². The van der Waals surface area contributed by atoms with Crippen molar-refractivity contribution in [3.8, 4) is 0 Å². The van der Waals surface area contributed by atoms with E-state index in [1.807, 2.05) is 0 Å². The van der Waals surface area contributed by atoms with Crippen LogP contribution in [0.2, 0.25) is 0 Å². The number of rotatable bonds is 26. The number of hydrogen-bond acceptors (Lipinski definition) is 45. The van der Waals surface area contributed by atoms with Gasteiger partial charge in [-0.1, -0.05) is 13.8 Å². The highest BCUT2D eigenvalue weighted by Gasteiger charge is 2.61. The molecule has 47 nitrogen and oxygen atoms in total. The molecule has 9 rings (SSSR count). The fraction of sp³-hybridized carbons (Fsp3) is 0.965. The van der Waals surface area contributed by atoms with Crippen LogP contribution in [0.4, 0.5) is 0 Å². The number of ether oxygens (including phenoxy) is 17. The second kappa shape index (κ2) is 36.1. The number of carbonyl (C=O) groups is 2. The lowest BCUT2D eigenvalue weighted by atomic mass is 9.89. The molecule has 0 aromatic carbocycles. The van der Waals surface area contributed by atoms with Gasteiger partial charge in [-0.3, -0.25) is 0 Å². The summed E-state index contributed by atoms with van der Waals surface area (Å²) in [5.41, 5.74) is 0. The molecule has 604 valence electrons. The van der Waals surface area contributed by atoms with Gasteiger partial charge < -0.3 is 224 Å². The molecule has 0 aromatic rings. The lowest BCUT2D eigenvalue weighted by Gasteiger charge is -2.50. The van der Waals surface area contributed by atoms with Crippen LogP contribution in [0.15, 0.2) is 0 Å². The van der Waals surface area contributed by atoms with E-state index in [9.17, 15) is 153 Å². The molecule has 9 aliphatic rings. The van der Waals surface area contributed by atoms with E-state index in [0.29, 0.717) is 0 Å². The Balaban J connectivity index is 0.989. The van der Waals surface area contributed by atoms with Gasteiger partial charge in [-0.25, -0.2) is 9.59 Å². The van der Waals surface area contributed by atoms with Crippen LogP contribution in [-0.2, 0) is 90.1 Å². The van der Waals surface area contributed by atoms with E-state index >= 15 is 0 Å². The Hall–Kier alpha value is -2.78. The Kier molecular flexibility index (Phi) is 29.6. The monoisotopic (exact) mass is 1530 g/mol. The molecule has 0 bridgehead atoms. The topological polar surface area (TPSA) is 757 Å². The third-order valence-corrected chi connectivity index (χ3v) is 19.4. The molecule has 9 heterocycles. The first kappa shape index (κ1) is 85.2. The smallest absolute Gasteiger partial charge is 0.335 e. The molecular weight excluding hydrogens is 1440 g/mol. The van der Waals surface area contributed by atoms with Crippen molar-refractivity contribution >= 4 is 11.9 Å². The molecule has 104 heavy (non-hydrogen) atoms. The van der Waals surface area contributed by atoms with Crippen LogP contribution in [-0.4, -0.2) is 477 Å². The highest BCUT2D eigenvalue weighted by atomic mass is 16.8. The molecule has 0 amide bonds. The standard InChI is InChI=1S/C57H94O47/c1-10(2)38-30(76)39(19(65)12(4-59)89-38)96-57-37(83)45(31(77)47(104-57)49(86)87)102-55-35(81)43(23(69)16(8-63)94-55)100-56-36(82)44(101-54-33(79)41(21(67)14(6-61)93-54)97-51-28(74)25(71)18(64)11(3-58)91-51)24(70)17(95-56)9-88-50-32(78)40(20(66)13(5-60)90-50)99-53-34(80)42(22(68)15(7-62)92-53)98-52-29(75)26(72)27(73)46(103-52)48(84)85/h10-47,50-83H,3-9H2,1-2H3,(H,84,85)(H,86,87). The number of carboxylic acids is 2. The zero-order chi connectivity index (χ0) is 76.7. The van der Waals surface area contributed by atoms with Gasteiger partial charge in [-0.15, -0.1) is 0 Å². The van der Waals surface area contributed by atoms with Gasteiger partial charge in [0.1, 0.15) is 208 Å². The van der Waals surface area contributed by atoms with Crippen LogP contribution in [0.1, 0.15) is 13.8 Å². The molecule has 9 saturated heterocycles. The fourth-order valence-electron chi connectivity index (χ4n) is 13.4. The maximum Gasteiger partial charge on any atom is 0.335 e. The summed E-state index contributed by atoms with van der Waals surface area (Å²) in [6.45, 7) is -4.56. The maximum absolute atomic E-state index is 12.6. The van der Waals surface area contributed by atoms with Gasteiger partial charge in [0.25, 0.3) is 0 Å². The second-order valence-electron chi connectivity index (χ2n) is 26.6. The third-order valence-electron chi connectivity index (χ3n) is 19.4. The lowest BCUT2D eigenvalue weighted by molar-refractivity contribution is -0.400. The first-order chi connectivity index (χ1) is 49.1. The average Bonchev–Trinajstić information content (AvgIpc) is 0.823. The van der Waals surface area contributed by atoms with Crippen molar-refractivity contribution in [2.75, 3.05) is 46.2 Å². The summed E-state index contributed by atoms with van der Waals surface area (Å²) in [6, 6.07) is 0. The summed E-state index contributed by atoms with van der Waals surface area (Å²) in [7, 11) is 0. The number of carboxylic acid groups (broad SMARTS) is 2. The van der Waals surface area contributed by atoms with Crippen LogP contribution in [0.25, 0.3) is 0 Å². The predicted octanol–water partition coefficient (Wildman–Crippen LogP) is -18.7. The van der Waals surface area contributed by atoms with Crippen molar-refractivity contribution in [2.24, 2.45) is 5.92 Å². The minimum atomic E-state index is -2.58. The number of aliphatic carboxylic acids is 2. The van der Waals surface area contributed by atoms with Gasteiger partial charge in [0.15, 0.2) is 62.5 Å². The summed E-state index contributed by atoms with van der Waals surface area (Å²) < 4.78 is 96.0. The quantitative estimate of drug-likeness (QED) is 0.0382. The summed E-state index contributed by atoms with van der Waals surface area (Å²) >= 11 is 0. The third kappa shape index (κ3) is 17.4. The van der Waals surface area contributed by atoms with Crippen molar-refractivity contribution in [2.45, 2.75) is 290 Å². The van der Waals surface area contributed by atoms with Crippen LogP contribution in [0, 0.1) is 5.92 Å². The molecule has 9 fully saturated rings.